The minimum absolute atomic E-state index is 0.459. The minimum atomic E-state index is 0.459. The normalized spacial score (nSPS) is 37.5. The summed E-state index contributed by atoms with van der Waals surface area (Å²) in [4.78, 5) is 4.98. The smallest absolute Gasteiger partial charge is 0.0936 e. The zero-order chi connectivity index (χ0) is 13.4. The summed E-state index contributed by atoms with van der Waals surface area (Å²) in [7, 11) is 0. The van der Waals surface area contributed by atoms with Crippen LogP contribution in [0.5, 0.6) is 0 Å². The lowest BCUT2D eigenvalue weighted by molar-refractivity contribution is 0.165. The van der Waals surface area contributed by atoms with Gasteiger partial charge in [0.2, 0.25) is 0 Å². The van der Waals surface area contributed by atoms with Crippen LogP contribution in [0, 0.1) is 0 Å². The molecule has 6 heteroatoms. The molecule has 4 rings (SSSR count). The van der Waals surface area contributed by atoms with Crippen LogP contribution in [0.2, 0.25) is 0 Å². The molecule has 4 saturated heterocycles. The van der Waals surface area contributed by atoms with Crippen molar-refractivity contribution in [2.24, 2.45) is 0 Å². The van der Waals surface area contributed by atoms with Crippen LogP contribution in [0.15, 0.2) is 0 Å². The fourth-order valence-corrected chi connectivity index (χ4v) is 2.64. The molecule has 0 aromatic rings. The van der Waals surface area contributed by atoms with Crippen molar-refractivity contribution in [3.63, 3.8) is 0 Å². The maximum atomic E-state index is 5.36. The van der Waals surface area contributed by atoms with Crippen molar-refractivity contribution in [1.82, 2.24) is 9.80 Å². The first-order chi connectivity index (χ1) is 9.85. The Morgan fingerprint density at radius 1 is 0.550 bits per heavy atom. The molecule has 4 fully saturated rings. The number of ether oxygens (including phenoxy) is 4. The Bertz CT molecular complexity index is 267. The average Bonchev–Trinajstić information content (AvgIpc) is 3.25. The first-order valence-electron chi connectivity index (χ1n) is 7.76. The van der Waals surface area contributed by atoms with Gasteiger partial charge >= 0.3 is 0 Å². The maximum Gasteiger partial charge on any atom is 0.0936 e. The van der Waals surface area contributed by atoms with Crippen molar-refractivity contribution < 1.29 is 18.9 Å². The Kier molecular flexibility index (Phi) is 3.94. The predicted octanol–water partition coefficient (Wildman–Crippen LogP) is -0.814. The number of hydrogen-bond acceptors (Lipinski definition) is 6. The van der Waals surface area contributed by atoms with Crippen molar-refractivity contribution in [3.05, 3.63) is 0 Å². The van der Waals surface area contributed by atoms with E-state index in [9.17, 15) is 0 Å². The van der Waals surface area contributed by atoms with Crippen LogP contribution in [0.3, 0.4) is 0 Å². The molecule has 0 radical (unpaired) electrons. The van der Waals surface area contributed by atoms with E-state index >= 15 is 0 Å². The molecule has 4 aliphatic rings. The van der Waals surface area contributed by atoms with Gasteiger partial charge in [0.15, 0.2) is 0 Å². The summed E-state index contributed by atoms with van der Waals surface area (Å²) in [5.41, 5.74) is 0. The molecule has 0 amide bonds. The zero-order valence-corrected chi connectivity index (χ0v) is 11.9. The summed E-state index contributed by atoms with van der Waals surface area (Å²) in [6, 6.07) is 0. The zero-order valence-electron chi connectivity index (χ0n) is 11.9. The van der Waals surface area contributed by atoms with E-state index in [4.69, 9.17) is 18.9 Å². The Balaban J connectivity index is 1.22. The quantitative estimate of drug-likeness (QED) is 0.462. The molecule has 0 N–H and O–H groups in total. The lowest BCUT2D eigenvalue weighted by atomic mass is 10.3. The first-order valence-corrected chi connectivity index (χ1v) is 7.76. The molecular weight excluding hydrogens is 260 g/mol. The van der Waals surface area contributed by atoms with Crippen LogP contribution < -0.4 is 0 Å². The first kappa shape index (κ1) is 13.4. The average molecular weight is 284 g/mol. The summed E-state index contributed by atoms with van der Waals surface area (Å²) in [6.45, 7) is 10.1. The second kappa shape index (κ2) is 5.87. The molecule has 0 aromatic heterocycles. The van der Waals surface area contributed by atoms with Crippen LogP contribution >= 0.6 is 0 Å². The van der Waals surface area contributed by atoms with Crippen LogP contribution in [-0.4, -0.2) is 99.9 Å². The molecule has 4 heterocycles. The summed E-state index contributed by atoms with van der Waals surface area (Å²) in [5, 5.41) is 0. The highest BCUT2D eigenvalue weighted by Gasteiger charge is 2.33. The number of hydrogen-bond donors (Lipinski definition) is 0. The number of rotatable bonds is 11. The Morgan fingerprint density at radius 2 is 0.800 bits per heavy atom. The molecule has 4 aliphatic heterocycles. The van der Waals surface area contributed by atoms with E-state index in [0.717, 1.165) is 65.7 Å². The highest BCUT2D eigenvalue weighted by Crippen LogP contribution is 2.18. The van der Waals surface area contributed by atoms with Crippen molar-refractivity contribution in [2.75, 3.05) is 65.7 Å². The van der Waals surface area contributed by atoms with E-state index < -0.39 is 0 Å². The second-order valence-electron chi connectivity index (χ2n) is 6.34. The molecule has 4 atom stereocenters. The largest absolute Gasteiger partial charge is 0.372 e. The van der Waals surface area contributed by atoms with Gasteiger partial charge in [-0.25, -0.2) is 0 Å². The third kappa shape index (κ3) is 4.65. The Hall–Kier alpha value is -0.240. The van der Waals surface area contributed by atoms with Gasteiger partial charge in [-0.3, -0.25) is 9.80 Å². The van der Waals surface area contributed by atoms with E-state index in [0.29, 0.717) is 24.4 Å². The molecule has 0 spiro atoms. The van der Waals surface area contributed by atoms with E-state index in [1.54, 1.807) is 0 Å². The summed E-state index contributed by atoms with van der Waals surface area (Å²) < 4.78 is 21.4. The lowest BCUT2D eigenvalue weighted by Gasteiger charge is -2.26. The van der Waals surface area contributed by atoms with Crippen LogP contribution in [0.4, 0.5) is 0 Å². The van der Waals surface area contributed by atoms with Crippen molar-refractivity contribution in [1.29, 1.82) is 0 Å². The van der Waals surface area contributed by atoms with Gasteiger partial charge in [-0.15, -0.1) is 0 Å². The highest BCUT2D eigenvalue weighted by atomic mass is 16.6. The number of nitrogens with zero attached hydrogens (tertiary/aromatic N) is 2. The third-order valence-corrected chi connectivity index (χ3v) is 4.19. The molecular formula is C14H24N2O4. The van der Waals surface area contributed by atoms with E-state index in [1.807, 2.05) is 0 Å². The highest BCUT2D eigenvalue weighted by molar-refractivity contribution is 4.83. The topological polar surface area (TPSA) is 56.6 Å². The van der Waals surface area contributed by atoms with Crippen molar-refractivity contribution in [3.8, 4) is 0 Å². The van der Waals surface area contributed by atoms with Gasteiger partial charge in [0.25, 0.3) is 0 Å². The van der Waals surface area contributed by atoms with Gasteiger partial charge < -0.3 is 18.9 Å². The predicted molar refractivity (Wildman–Crippen MR) is 71.8 cm³/mol. The van der Waals surface area contributed by atoms with Gasteiger partial charge in [0, 0.05) is 39.3 Å². The van der Waals surface area contributed by atoms with Gasteiger partial charge in [-0.1, -0.05) is 0 Å². The van der Waals surface area contributed by atoms with Crippen LogP contribution in [0.1, 0.15) is 0 Å². The van der Waals surface area contributed by atoms with Crippen molar-refractivity contribution in [2.45, 2.75) is 24.4 Å². The van der Waals surface area contributed by atoms with Gasteiger partial charge in [0.05, 0.1) is 50.8 Å². The Morgan fingerprint density at radius 3 is 1.00 bits per heavy atom. The lowest BCUT2D eigenvalue weighted by Crippen LogP contribution is -2.41. The van der Waals surface area contributed by atoms with Crippen molar-refractivity contribution >= 4 is 0 Å². The summed E-state index contributed by atoms with van der Waals surface area (Å²) in [6.07, 6.45) is 1.84. The van der Waals surface area contributed by atoms with E-state index in [-0.39, 0.29) is 0 Å². The van der Waals surface area contributed by atoms with Crippen LogP contribution in [-0.2, 0) is 18.9 Å². The number of epoxide rings is 4. The molecule has 0 aromatic carbocycles. The molecule has 0 bridgehead atoms. The van der Waals surface area contributed by atoms with E-state index in [1.165, 1.54) is 0 Å². The molecule has 4 unspecified atom stereocenters. The van der Waals surface area contributed by atoms with Crippen LogP contribution in [0.25, 0.3) is 0 Å². The van der Waals surface area contributed by atoms with E-state index in [2.05, 4.69) is 9.80 Å². The van der Waals surface area contributed by atoms with Gasteiger partial charge in [-0.05, 0) is 0 Å². The van der Waals surface area contributed by atoms with Gasteiger partial charge in [0.1, 0.15) is 0 Å². The fraction of sp³-hybridized carbons (Fsp3) is 1.00. The molecule has 0 saturated carbocycles. The molecule has 20 heavy (non-hydrogen) atoms. The SMILES string of the molecule is C1OC1CN(CCN(CC1CO1)CC1CO1)CC1CO1. The maximum absolute atomic E-state index is 5.36. The molecule has 6 nitrogen and oxygen atoms in total. The fourth-order valence-electron chi connectivity index (χ4n) is 2.64. The summed E-state index contributed by atoms with van der Waals surface area (Å²) >= 11 is 0. The summed E-state index contributed by atoms with van der Waals surface area (Å²) in [5.74, 6) is 0. The second-order valence-corrected chi connectivity index (χ2v) is 6.34. The molecule has 114 valence electrons. The Labute approximate surface area is 119 Å². The third-order valence-electron chi connectivity index (χ3n) is 4.19. The standard InChI is InChI=1S/C14H24N2O4/c1(15(3-11-7-17-11)4-12-8-18-12)2-16(5-13-9-19-13)6-14-10-20-14/h11-14H,1-10H2. The monoisotopic (exact) mass is 284 g/mol. The minimum Gasteiger partial charge on any atom is -0.372 e. The van der Waals surface area contributed by atoms with Gasteiger partial charge in [-0.2, -0.15) is 0 Å². The molecule has 0 aliphatic carbocycles.